The van der Waals surface area contributed by atoms with Gasteiger partial charge in [0.2, 0.25) is 10.0 Å². The van der Waals surface area contributed by atoms with E-state index >= 15 is 0 Å². The number of aliphatic carboxylic acids is 1. The van der Waals surface area contributed by atoms with Crippen LogP contribution >= 0.6 is 0 Å². The highest BCUT2D eigenvalue weighted by Gasteiger charge is 2.17. The van der Waals surface area contributed by atoms with Gasteiger partial charge in [0.1, 0.15) is 0 Å². The molecule has 9 heteroatoms. The van der Waals surface area contributed by atoms with Gasteiger partial charge in [-0.25, -0.2) is 13.1 Å². The van der Waals surface area contributed by atoms with E-state index in [2.05, 4.69) is 4.72 Å². The molecule has 1 amide bonds. The Balaban J connectivity index is 2.82. The Morgan fingerprint density at radius 3 is 2.38 bits per heavy atom. The maximum atomic E-state index is 12.3. The van der Waals surface area contributed by atoms with Crippen LogP contribution in [0, 0.1) is 0 Å². The van der Waals surface area contributed by atoms with Gasteiger partial charge in [-0.2, -0.15) is 0 Å². The van der Waals surface area contributed by atoms with Crippen molar-refractivity contribution in [3.05, 3.63) is 29.8 Å². The van der Waals surface area contributed by atoms with E-state index in [9.17, 15) is 18.0 Å². The molecule has 0 saturated heterocycles. The first kappa shape index (κ1) is 20.1. The Kier molecular flexibility index (Phi) is 7.83. The number of carbonyl (C=O) groups is 2. The molecular formula is C15H22N2O6S. The molecule has 0 aliphatic carbocycles. The molecule has 0 aromatic heterocycles. The molecule has 0 aliphatic heterocycles. The molecule has 134 valence electrons. The first-order valence-corrected chi connectivity index (χ1v) is 8.90. The first-order valence-electron chi connectivity index (χ1n) is 7.41. The molecule has 0 fully saturated rings. The van der Waals surface area contributed by atoms with Crippen molar-refractivity contribution in [1.82, 2.24) is 9.62 Å². The number of amides is 1. The summed E-state index contributed by atoms with van der Waals surface area (Å²) in [6, 6.07) is 5.51. The third-order valence-electron chi connectivity index (χ3n) is 3.27. The van der Waals surface area contributed by atoms with Crippen LogP contribution in [-0.2, 0) is 19.6 Å². The summed E-state index contributed by atoms with van der Waals surface area (Å²) in [6.45, 7) is 2.62. The molecule has 1 aromatic rings. The number of hydrogen-bond acceptors (Lipinski definition) is 5. The maximum Gasteiger partial charge on any atom is 0.305 e. The quantitative estimate of drug-likeness (QED) is 0.591. The van der Waals surface area contributed by atoms with E-state index in [0.717, 1.165) is 0 Å². The van der Waals surface area contributed by atoms with Crippen molar-refractivity contribution in [2.45, 2.75) is 18.2 Å². The zero-order valence-corrected chi connectivity index (χ0v) is 14.5. The summed E-state index contributed by atoms with van der Waals surface area (Å²) < 4.78 is 31.2. The van der Waals surface area contributed by atoms with Gasteiger partial charge in [0.15, 0.2) is 0 Å². The lowest BCUT2D eigenvalue weighted by Crippen LogP contribution is -2.33. The second-order valence-electron chi connectivity index (χ2n) is 4.94. The lowest BCUT2D eigenvalue weighted by molar-refractivity contribution is -0.137. The van der Waals surface area contributed by atoms with Crippen molar-refractivity contribution in [2.24, 2.45) is 0 Å². The van der Waals surface area contributed by atoms with Crippen LogP contribution in [0.15, 0.2) is 29.2 Å². The molecule has 1 aromatic carbocycles. The standard InChI is InChI=1S/C15H22N2O6S/c1-3-17(10-8-14(18)19)15(20)12-4-6-13(7-5-12)24(21,22)16-9-11-23-2/h4-7,16H,3,8-11H2,1-2H3,(H,18,19). The van der Waals surface area contributed by atoms with E-state index in [0.29, 0.717) is 12.1 Å². The van der Waals surface area contributed by atoms with Gasteiger partial charge < -0.3 is 14.7 Å². The van der Waals surface area contributed by atoms with Gasteiger partial charge in [-0.3, -0.25) is 9.59 Å². The van der Waals surface area contributed by atoms with Crippen LogP contribution in [0.3, 0.4) is 0 Å². The molecule has 24 heavy (non-hydrogen) atoms. The molecule has 8 nitrogen and oxygen atoms in total. The molecular weight excluding hydrogens is 336 g/mol. The van der Waals surface area contributed by atoms with Crippen molar-refractivity contribution in [2.75, 3.05) is 33.4 Å². The average Bonchev–Trinajstić information content (AvgIpc) is 2.55. The summed E-state index contributed by atoms with van der Waals surface area (Å²) in [5.74, 6) is -1.32. The fraction of sp³-hybridized carbons (Fsp3) is 0.467. The number of benzene rings is 1. The average molecular weight is 358 g/mol. The lowest BCUT2D eigenvalue weighted by atomic mass is 10.2. The third-order valence-corrected chi connectivity index (χ3v) is 4.75. The number of hydrogen-bond donors (Lipinski definition) is 2. The second kappa shape index (κ2) is 9.36. The minimum Gasteiger partial charge on any atom is -0.481 e. The van der Waals surface area contributed by atoms with Gasteiger partial charge in [-0.15, -0.1) is 0 Å². The van der Waals surface area contributed by atoms with E-state index in [4.69, 9.17) is 9.84 Å². The van der Waals surface area contributed by atoms with Crippen LogP contribution in [0.25, 0.3) is 0 Å². The summed E-state index contributed by atoms with van der Waals surface area (Å²) in [6.07, 6.45) is -0.143. The van der Waals surface area contributed by atoms with Gasteiger partial charge in [0.25, 0.3) is 5.91 Å². The number of carboxylic acids is 1. The van der Waals surface area contributed by atoms with Gasteiger partial charge >= 0.3 is 5.97 Å². The topological polar surface area (TPSA) is 113 Å². The molecule has 0 heterocycles. The van der Waals surface area contributed by atoms with Crippen molar-refractivity contribution >= 4 is 21.9 Å². The first-order chi connectivity index (χ1) is 11.3. The van der Waals surface area contributed by atoms with E-state index in [1.807, 2.05) is 0 Å². The van der Waals surface area contributed by atoms with Crippen molar-refractivity contribution in [3.8, 4) is 0 Å². The summed E-state index contributed by atoms with van der Waals surface area (Å²) in [7, 11) is -2.18. The summed E-state index contributed by atoms with van der Waals surface area (Å²) in [4.78, 5) is 24.4. The normalized spacial score (nSPS) is 11.2. The molecule has 0 spiro atoms. The Morgan fingerprint density at radius 1 is 1.25 bits per heavy atom. The minimum atomic E-state index is -3.65. The number of ether oxygens (including phenoxy) is 1. The lowest BCUT2D eigenvalue weighted by Gasteiger charge is -2.20. The Hall–Kier alpha value is -1.97. The van der Waals surface area contributed by atoms with Crippen LogP contribution < -0.4 is 4.72 Å². The monoisotopic (exact) mass is 358 g/mol. The number of sulfonamides is 1. The number of carbonyl (C=O) groups excluding carboxylic acids is 1. The number of methoxy groups -OCH3 is 1. The van der Waals surface area contributed by atoms with E-state index in [1.54, 1.807) is 6.92 Å². The summed E-state index contributed by atoms with van der Waals surface area (Å²) in [5, 5.41) is 8.70. The van der Waals surface area contributed by atoms with Gasteiger partial charge in [-0.1, -0.05) is 0 Å². The fourth-order valence-electron chi connectivity index (χ4n) is 1.95. The van der Waals surface area contributed by atoms with Gasteiger partial charge in [-0.05, 0) is 31.2 Å². The van der Waals surface area contributed by atoms with Crippen molar-refractivity contribution in [3.63, 3.8) is 0 Å². The third kappa shape index (κ3) is 5.91. The smallest absolute Gasteiger partial charge is 0.305 e. The van der Waals surface area contributed by atoms with Gasteiger partial charge in [0, 0.05) is 32.3 Å². The number of carboxylic acid groups (broad SMARTS) is 1. The Labute approximate surface area is 141 Å². The molecule has 0 unspecified atom stereocenters. The van der Waals surface area contributed by atoms with Crippen LogP contribution in [0.2, 0.25) is 0 Å². The molecule has 0 atom stereocenters. The Bertz CT molecular complexity index is 657. The zero-order chi connectivity index (χ0) is 18.2. The highest BCUT2D eigenvalue weighted by molar-refractivity contribution is 7.89. The predicted octanol–water partition coefficient (Wildman–Crippen LogP) is 0.548. The van der Waals surface area contributed by atoms with Crippen LogP contribution in [0.5, 0.6) is 0 Å². The van der Waals surface area contributed by atoms with Gasteiger partial charge in [0.05, 0.1) is 17.9 Å². The molecule has 0 radical (unpaired) electrons. The molecule has 1 rings (SSSR count). The summed E-state index contributed by atoms with van der Waals surface area (Å²) >= 11 is 0. The molecule has 0 saturated carbocycles. The predicted molar refractivity (Wildman–Crippen MR) is 87.3 cm³/mol. The number of nitrogens with one attached hydrogen (secondary N) is 1. The van der Waals surface area contributed by atoms with E-state index in [1.165, 1.54) is 36.3 Å². The van der Waals surface area contributed by atoms with Crippen molar-refractivity contribution in [1.29, 1.82) is 0 Å². The molecule has 0 aliphatic rings. The SMILES string of the molecule is CCN(CCC(=O)O)C(=O)c1ccc(S(=O)(=O)NCCOC)cc1. The van der Waals surface area contributed by atoms with Crippen LogP contribution in [-0.4, -0.2) is 63.7 Å². The highest BCUT2D eigenvalue weighted by Crippen LogP contribution is 2.12. The van der Waals surface area contributed by atoms with E-state index < -0.39 is 16.0 Å². The highest BCUT2D eigenvalue weighted by atomic mass is 32.2. The number of rotatable bonds is 10. The van der Waals surface area contributed by atoms with Crippen LogP contribution in [0.1, 0.15) is 23.7 Å². The maximum absolute atomic E-state index is 12.3. The van der Waals surface area contributed by atoms with E-state index in [-0.39, 0.29) is 36.9 Å². The fourth-order valence-corrected chi connectivity index (χ4v) is 2.97. The van der Waals surface area contributed by atoms with Crippen LogP contribution in [0.4, 0.5) is 0 Å². The van der Waals surface area contributed by atoms with Crippen molar-refractivity contribution < 1.29 is 27.9 Å². The molecule has 0 bridgehead atoms. The summed E-state index contributed by atoms with van der Waals surface area (Å²) in [5.41, 5.74) is 0.304. The minimum absolute atomic E-state index is 0.0451. The molecule has 2 N–H and O–H groups in total. The Morgan fingerprint density at radius 2 is 1.88 bits per heavy atom. The number of nitrogens with zero attached hydrogens (tertiary/aromatic N) is 1. The zero-order valence-electron chi connectivity index (χ0n) is 13.7. The largest absolute Gasteiger partial charge is 0.481 e. The second-order valence-corrected chi connectivity index (χ2v) is 6.71.